The number of fused-ring (bicyclic) bond motifs is 1. The van der Waals surface area contributed by atoms with Gasteiger partial charge in [0.2, 0.25) is 5.91 Å². The second-order valence-corrected chi connectivity index (χ2v) is 7.22. The van der Waals surface area contributed by atoms with Crippen LogP contribution in [0, 0.1) is 13.8 Å². The van der Waals surface area contributed by atoms with Crippen LogP contribution < -0.4 is 16.6 Å². The van der Waals surface area contributed by atoms with Crippen molar-refractivity contribution in [1.29, 1.82) is 0 Å². The lowest BCUT2D eigenvalue weighted by Gasteiger charge is -2.10. The first kappa shape index (κ1) is 18.1. The number of carbonyl (C=O) groups is 2. The Morgan fingerprint density at radius 1 is 1.35 bits per heavy atom. The van der Waals surface area contributed by atoms with Gasteiger partial charge in [-0.3, -0.25) is 19.0 Å². The van der Waals surface area contributed by atoms with Crippen LogP contribution in [-0.2, 0) is 11.3 Å². The predicted octanol–water partition coefficient (Wildman–Crippen LogP) is 2.47. The highest BCUT2D eigenvalue weighted by atomic mass is 35.5. The smallest absolute Gasteiger partial charge is 0.262 e. The molecule has 0 aliphatic heterocycles. The van der Waals surface area contributed by atoms with Crippen molar-refractivity contribution in [2.75, 3.05) is 5.32 Å². The van der Waals surface area contributed by atoms with Gasteiger partial charge in [-0.15, -0.1) is 11.3 Å². The molecule has 134 valence electrons. The fraction of sp³-hybridized carbons (Fsp3) is 0.176. The molecule has 2 aromatic heterocycles. The van der Waals surface area contributed by atoms with E-state index < -0.39 is 5.91 Å². The van der Waals surface area contributed by atoms with Gasteiger partial charge in [-0.1, -0.05) is 11.6 Å². The van der Waals surface area contributed by atoms with E-state index in [1.54, 1.807) is 25.1 Å². The summed E-state index contributed by atoms with van der Waals surface area (Å²) in [6.45, 7) is 3.26. The average Bonchev–Trinajstić information content (AvgIpc) is 2.91. The highest BCUT2D eigenvalue weighted by Gasteiger charge is 2.18. The fourth-order valence-corrected chi connectivity index (χ4v) is 3.84. The van der Waals surface area contributed by atoms with Crippen molar-refractivity contribution < 1.29 is 9.59 Å². The van der Waals surface area contributed by atoms with Crippen LogP contribution in [0.3, 0.4) is 0 Å². The quantitative estimate of drug-likeness (QED) is 0.713. The van der Waals surface area contributed by atoms with Crippen LogP contribution in [0.4, 0.5) is 5.69 Å². The molecule has 7 nitrogen and oxygen atoms in total. The molecule has 3 rings (SSSR count). The van der Waals surface area contributed by atoms with E-state index in [9.17, 15) is 14.4 Å². The number of nitrogens with two attached hydrogens (primary N) is 1. The molecular formula is C17H15ClN4O3S. The number of benzene rings is 1. The van der Waals surface area contributed by atoms with Gasteiger partial charge in [-0.25, -0.2) is 4.98 Å². The number of rotatable bonds is 4. The van der Waals surface area contributed by atoms with E-state index in [2.05, 4.69) is 10.3 Å². The molecule has 0 spiro atoms. The molecule has 0 fully saturated rings. The van der Waals surface area contributed by atoms with Gasteiger partial charge in [0.1, 0.15) is 11.4 Å². The van der Waals surface area contributed by atoms with E-state index in [-0.39, 0.29) is 18.0 Å². The number of aryl methyl sites for hydroxylation is 2. The minimum atomic E-state index is -0.604. The maximum Gasteiger partial charge on any atom is 0.262 e. The molecule has 0 bridgehead atoms. The van der Waals surface area contributed by atoms with E-state index in [4.69, 9.17) is 17.3 Å². The van der Waals surface area contributed by atoms with Crippen LogP contribution in [0.15, 0.2) is 29.3 Å². The molecule has 0 radical (unpaired) electrons. The second kappa shape index (κ2) is 6.89. The zero-order chi connectivity index (χ0) is 19.0. The zero-order valence-corrected chi connectivity index (χ0v) is 15.6. The molecule has 26 heavy (non-hydrogen) atoms. The molecule has 0 aliphatic carbocycles. The molecule has 0 unspecified atom stereocenters. The molecule has 0 saturated heterocycles. The first-order valence-corrected chi connectivity index (χ1v) is 8.81. The van der Waals surface area contributed by atoms with Crippen molar-refractivity contribution in [3.63, 3.8) is 0 Å². The number of hydrogen-bond donors (Lipinski definition) is 2. The molecule has 3 aromatic rings. The predicted molar refractivity (Wildman–Crippen MR) is 102 cm³/mol. The van der Waals surface area contributed by atoms with Gasteiger partial charge in [0.25, 0.3) is 11.5 Å². The minimum absolute atomic E-state index is 0.203. The van der Waals surface area contributed by atoms with E-state index >= 15 is 0 Å². The number of nitrogens with one attached hydrogen (secondary N) is 1. The third kappa shape index (κ3) is 3.33. The lowest BCUT2D eigenvalue weighted by Crippen LogP contribution is -2.28. The number of carbonyl (C=O) groups excluding carboxylic acids is 2. The Kier molecular flexibility index (Phi) is 4.80. The lowest BCUT2D eigenvalue weighted by molar-refractivity contribution is -0.116. The number of thiophene rings is 1. The Labute approximate surface area is 157 Å². The highest BCUT2D eigenvalue weighted by Crippen LogP contribution is 2.26. The Hall–Kier alpha value is -2.71. The van der Waals surface area contributed by atoms with Crippen molar-refractivity contribution >= 4 is 50.7 Å². The topological polar surface area (TPSA) is 107 Å². The van der Waals surface area contributed by atoms with E-state index in [0.717, 1.165) is 16.9 Å². The largest absolute Gasteiger partial charge is 0.365 e. The fourth-order valence-electron chi connectivity index (χ4n) is 2.62. The SMILES string of the molecule is Cc1cc(Cl)ccc1NC(=O)Cn1cnc2sc(C(N)=O)c(C)c2c1=O. The molecule has 1 aromatic carbocycles. The minimum Gasteiger partial charge on any atom is -0.365 e. The Bertz CT molecular complexity index is 1100. The molecule has 3 N–H and O–H groups in total. The zero-order valence-electron chi connectivity index (χ0n) is 14.0. The number of nitrogens with zero attached hydrogens (tertiary/aromatic N) is 2. The Morgan fingerprint density at radius 2 is 2.08 bits per heavy atom. The number of aromatic nitrogens is 2. The Morgan fingerprint density at radius 3 is 2.73 bits per heavy atom. The summed E-state index contributed by atoms with van der Waals surface area (Å²) < 4.78 is 1.20. The average molecular weight is 391 g/mol. The van der Waals surface area contributed by atoms with Gasteiger partial charge in [0.05, 0.1) is 16.6 Å². The van der Waals surface area contributed by atoms with Gasteiger partial charge < -0.3 is 11.1 Å². The van der Waals surface area contributed by atoms with Crippen LogP contribution in [0.1, 0.15) is 20.8 Å². The first-order valence-electron chi connectivity index (χ1n) is 7.62. The van der Waals surface area contributed by atoms with Gasteiger partial charge in [0, 0.05) is 10.7 Å². The van der Waals surface area contributed by atoms with Gasteiger partial charge in [-0.05, 0) is 43.2 Å². The lowest BCUT2D eigenvalue weighted by atomic mass is 10.2. The number of halogens is 1. The summed E-state index contributed by atoms with van der Waals surface area (Å²) in [6.07, 6.45) is 1.29. The summed E-state index contributed by atoms with van der Waals surface area (Å²) >= 11 is 6.97. The summed E-state index contributed by atoms with van der Waals surface area (Å²) in [6, 6.07) is 5.10. The second-order valence-electron chi connectivity index (χ2n) is 5.79. The van der Waals surface area contributed by atoms with Gasteiger partial charge in [0.15, 0.2) is 0 Å². The van der Waals surface area contributed by atoms with Crippen molar-refractivity contribution in [3.05, 3.63) is 55.9 Å². The normalized spacial score (nSPS) is 10.9. The summed E-state index contributed by atoms with van der Waals surface area (Å²) in [5, 5.41) is 3.62. The van der Waals surface area contributed by atoms with Crippen molar-refractivity contribution in [3.8, 4) is 0 Å². The number of amides is 2. The summed E-state index contributed by atoms with van der Waals surface area (Å²) in [5.74, 6) is -0.978. The van der Waals surface area contributed by atoms with Crippen LogP contribution >= 0.6 is 22.9 Å². The number of primary amides is 1. The molecule has 0 atom stereocenters. The monoisotopic (exact) mass is 390 g/mol. The molecule has 9 heteroatoms. The number of anilines is 1. The van der Waals surface area contributed by atoms with Crippen molar-refractivity contribution in [2.45, 2.75) is 20.4 Å². The van der Waals surface area contributed by atoms with Crippen molar-refractivity contribution in [1.82, 2.24) is 9.55 Å². The van der Waals surface area contributed by atoms with Crippen LogP contribution in [-0.4, -0.2) is 21.4 Å². The first-order chi connectivity index (χ1) is 12.3. The maximum absolute atomic E-state index is 12.7. The highest BCUT2D eigenvalue weighted by molar-refractivity contribution is 7.20. The van der Waals surface area contributed by atoms with Crippen LogP contribution in [0.2, 0.25) is 5.02 Å². The third-order valence-electron chi connectivity index (χ3n) is 3.92. The van der Waals surface area contributed by atoms with E-state index in [1.807, 2.05) is 6.92 Å². The molecular weight excluding hydrogens is 376 g/mol. The Balaban J connectivity index is 1.90. The summed E-state index contributed by atoms with van der Waals surface area (Å²) in [7, 11) is 0. The van der Waals surface area contributed by atoms with Gasteiger partial charge in [-0.2, -0.15) is 0 Å². The van der Waals surface area contributed by atoms with E-state index in [1.165, 1.54) is 10.9 Å². The van der Waals surface area contributed by atoms with Gasteiger partial charge >= 0.3 is 0 Å². The van der Waals surface area contributed by atoms with Crippen LogP contribution in [0.5, 0.6) is 0 Å². The molecule has 2 amide bonds. The molecule has 0 saturated carbocycles. The van der Waals surface area contributed by atoms with E-state index in [0.29, 0.717) is 31.4 Å². The summed E-state index contributed by atoms with van der Waals surface area (Å²) in [4.78, 5) is 41.3. The maximum atomic E-state index is 12.7. The third-order valence-corrected chi connectivity index (χ3v) is 5.37. The molecule has 2 heterocycles. The standard InChI is InChI=1S/C17H15ClN4O3S/c1-8-5-10(18)3-4-11(8)21-12(23)6-22-7-20-16-13(17(22)25)9(2)14(26-16)15(19)24/h3-5,7H,6H2,1-2H3,(H2,19,24)(H,21,23). The summed E-state index contributed by atoms with van der Waals surface area (Å²) in [5.41, 5.74) is 6.84. The number of hydrogen-bond acceptors (Lipinski definition) is 5. The molecule has 0 aliphatic rings. The van der Waals surface area contributed by atoms with Crippen LogP contribution in [0.25, 0.3) is 10.2 Å². The van der Waals surface area contributed by atoms with Crippen molar-refractivity contribution in [2.24, 2.45) is 5.73 Å².